The number of hydrogen-bond acceptors (Lipinski definition) is 4. The highest BCUT2D eigenvalue weighted by atomic mass is 16.1. The molecule has 1 aliphatic heterocycles. The highest BCUT2D eigenvalue weighted by Gasteiger charge is 2.12. The van der Waals surface area contributed by atoms with Crippen LogP contribution in [0.5, 0.6) is 0 Å². The number of carbonyl (C=O) groups is 1. The molecule has 0 aromatic heterocycles. The summed E-state index contributed by atoms with van der Waals surface area (Å²) in [6, 6.07) is 7.25. The minimum atomic E-state index is 0.0757. The van der Waals surface area contributed by atoms with E-state index in [-0.39, 0.29) is 5.91 Å². The topological polar surface area (TPSA) is 61.6 Å². The van der Waals surface area contributed by atoms with Crippen LogP contribution in [-0.2, 0) is 4.79 Å². The fraction of sp³-hybridized carbons (Fsp3) is 0.562. The van der Waals surface area contributed by atoms with Gasteiger partial charge in [-0.2, -0.15) is 0 Å². The average molecular weight is 290 g/mol. The molecule has 1 aliphatic rings. The van der Waals surface area contributed by atoms with E-state index in [0.29, 0.717) is 12.1 Å². The third-order valence-corrected chi connectivity index (χ3v) is 3.88. The molecule has 1 aromatic carbocycles. The summed E-state index contributed by atoms with van der Waals surface area (Å²) in [5, 5.41) is 2.91. The van der Waals surface area contributed by atoms with Gasteiger partial charge in [-0.25, -0.2) is 0 Å². The van der Waals surface area contributed by atoms with Gasteiger partial charge in [0, 0.05) is 30.9 Å². The zero-order valence-corrected chi connectivity index (χ0v) is 12.8. The van der Waals surface area contributed by atoms with Crippen LogP contribution >= 0.6 is 0 Å². The van der Waals surface area contributed by atoms with Crippen LogP contribution in [0.3, 0.4) is 0 Å². The first-order valence-electron chi connectivity index (χ1n) is 7.70. The van der Waals surface area contributed by atoms with E-state index in [1.54, 1.807) is 12.1 Å². The number of hydrogen-bond donors (Lipinski definition) is 2. The van der Waals surface area contributed by atoms with Gasteiger partial charge in [0.2, 0.25) is 5.91 Å². The quantitative estimate of drug-likeness (QED) is 0.809. The van der Waals surface area contributed by atoms with Crippen molar-refractivity contribution in [2.75, 3.05) is 50.8 Å². The molecule has 116 valence electrons. The standard InChI is InChI=1S/C16H26N4O/c1-19-9-3-11-20(13-12-19)10-2-4-16(21)18-15-7-5-14(17)6-8-15/h5-8H,2-4,9-13,17H2,1H3,(H,18,21). The molecule has 5 heteroatoms. The summed E-state index contributed by atoms with van der Waals surface area (Å²) in [7, 11) is 2.17. The summed E-state index contributed by atoms with van der Waals surface area (Å²) in [5.74, 6) is 0.0757. The van der Waals surface area contributed by atoms with Crippen LogP contribution in [0.2, 0.25) is 0 Å². The Morgan fingerprint density at radius 1 is 1.19 bits per heavy atom. The second-order valence-corrected chi connectivity index (χ2v) is 5.77. The van der Waals surface area contributed by atoms with Crippen LogP contribution in [0, 0.1) is 0 Å². The highest BCUT2D eigenvalue weighted by molar-refractivity contribution is 5.90. The lowest BCUT2D eigenvalue weighted by atomic mass is 10.2. The molecular formula is C16H26N4O. The van der Waals surface area contributed by atoms with Gasteiger partial charge in [-0.05, 0) is 63.8 Å². The number of nitrogens with zero attached hydrogens (tertiary/aromatic N) is 2. The summed E-state index contributed by atoms with van der Waals surface area (Å²) >= 11 is 0. The zero-order chi connectivity index (χ0) is 15.1. The van der Waals surface area contributed by atoms with Crippen molar-refractivity contribution in [3.05, 3.63) is 24.3 Å². The summed E-state index contributed by atoms with van der Waals surface area (Å²) in [4.78, 5) is 16.7. The Bertz CT molecular complexity index is 446. The van der Waals surface area contributed by atoms with E-state index < -0.39 is 0 Å². The lowest BCUT2D eigenvalue weighted by molar-refractivity contribution is -0.116. The Hall–Kier alpha value is -1.59. The number of anilines is 2. The first-order valence-corrected chi connectivity index (χ1v) is 7.70. The van der Waals surface area contributed by atoms with E-state index >= 15 is 0 Å². The molecule has 5 nitrogen and oxygen atoms in total. The second-order valence-electron chi connectivity index (χ2n) is 5.77. The third-order valence-electron chi connectivity index (χ3n) is 3.88. The highest BCUT2D eigenvalue weighted by Crippen LogP contribution is 2.11. The normalized spacial score (nSPS) is 17.4. The minimum Gasteiger partial charge on any atom is -0.399 e. The molecule has 1 saturated heterocycles. The Balaban J connectivity index is 1.66. The van der Waals surface area contributed by atoms with Crippen LogP contribution in [0.15, 0.2) is 24.3 Å². The lowest BCUT2D eigenvalue weighted by Crippen LogP contribution is -2.30. The number of rotatable bonds is 5. The Kier molecular flexibility index (Phi) is 6.02. The van der Waals surface area contributed by atoms with Gasteiger partial charge in [-0.3, -0.25) is 4.79 Å². The van der Waals surface area contributed by atoms with Crippen molar-refractivity contribution in [1.82, 2.24) is 9.80 Å². The minimum absolute atomic E-state index is 0.0757. The van der Waals surface area contributed by atoms with Crippen molar-refractivity contribution in [3.8, 4) is 0 Å². The summed E-state index contributed by atoms with van der Waals surface area (Å²) in [6.45, 7) is 5.55. The summed E-state index contributed by atoms with van der Waals surface area (Å²) < 4.78 is 0. The van der Waals surface area contributed by atoms with Crippen LogP contribution < -0.4 is 11.1 Å². The monoisotopic (exact) mass is 290 g/mol. The van der Waals surface area contributed by atoms with Crippen LogP contribution in [0.25, 0.3) is 0 Å². The molecule has 0 radical (unpaired) electrons. The Labute approximate surface area is 127 Å². The lowest BCUT2D eigenvalue weighted by Gasteiger charge is -2.19. The van der Waals surface area contributed by atoms with Crippen LogP contribution in [0.4, 0.5) is 11.4 Å². The van der Waals surface area contributed by atoms with E-state index in [2.05, 4.69) is 22.2 Å². The van der Waals surface area contributed by atoms with Gasteiger partial charge in [0.15, 0.2) is 0 Å². The van der Waals surface area contributed by atoms with Crippen molar-refractivity contribution >= 4 is 17.3 Å². The van der Waals surface area contributed by atoms with Gasteiger partial charge in [0.1, 0.15) is 0 Å². The molecule has 0 spiro atoms. The molecule has 21 heavy (non-hydrogen) atoms. The van der Waals surface area contributed by atoms with E-state index in [1.807, 2.05) is 12.1 Å². The maximum Gasteiger partial charge on any atom is 0.224 e. The zero-order valence-electron chi connectivity index (χ0n) is 12.8. The second kappa shape index (κ2) is 8.00. The largest absolute Gasteiger partial charge is 0.399 e. The SMILES string of the molecule is CN1CCCN(CCCC(=O)Nc2ccc(N)cc2)CC1. The molecule has 1 amide bonds. The van der Waals surface area contributed by atoms with Crippen molar-refractivity contribution in [3.63, 3.8) is 0 Å². The molecule has 0 unspecified atom stereocenters. The number of benzene rings is 1. The molecule has 1 fully saturated rings. The number of likely N-dealkylation sites (N-methyl/N-ethyl adjacent to an activating group) is 1. The fourth-order valence-corrected chi connectivity index (χ4v) is 2.58. The van der Waals surface area contributed by atoms with Crippen molar-refractivity contribution < 1.29 is 4.79 Å². The molecule has 0 atom stereocenters. The average Bonchev–Trinajstić information content (AvgIpc) is 2.66. The summed E-state index contributed by atoms with van der Waals surface area (Å²) in [6.07, 6.45) is 2.69. The van der Waals surface area contributed by atoms with Crippen LogP contribution in [-0.4, -0.2) is 55.5 Å². The van der Waals surface area contributed by atoms with E-state index in [1.165, 1.54) is 13.0 Å². The smallest absolute Gasteiger partial charge is 0.224 e. The number of amides is 1. The van der Waals surface area contributed by atoms with Gasteiger partial charge < -0.3 is 20.9 Å². The number of nitrogens with two attached hydrogens (primary N) is 1. The van der Waals surface area contributed by atoms with Crippen LogP contribution in [0.1, 0.15) is 19.3 Å². The van der Waals surface area contributed by atoms with E-state index in [0.717, 1.165) is 38.3 Å². The first kappa shape index (κ1) is 15.8. The molecule has 3 N–H and O–H groups in total. The molecular weight excluding hydrogens is 264 g/mol. The van der Waals surface area contributed by atoms with Gasteiger partial charge >= 0.3 is 0 Å². The molecule has 0 aliphatic carbocycles. The number of nitrogen functional groups attached to an aromatic ring is 1. The summed E-state index contributed by atoms with van der Waals surface area (Å²) in [5.41, 5.74) is 7.14. The number of nitrogens with one attached hydrogen (secondary N) is 1. The Morgan fingerprint density at radius 2 is 1.95 bits per heavy atom. The van der Waals surface area contributed by atoms with E-state index in [4.69, 9.17) is 5.73 Å². The molecule has 1 aromatic rings. The fourth-order valence-electron chi connectivity index (χ4n) is 2.58. The third kappa shape index (κ3) is 5.73. The van der Waals surface area contributed by atoms with Gasteiger partial charge in [0.05, 0.1) is 0 Å². The Morgan fingerprint density at radius 3 is 2.71 bits per heavy atom. The maximum atomic E-state index is 11.9. The van der Waals surface area contributed by atoms with Gasteiger partial charge in [0.25, 0.3) is 0 Å². The first-order chi connectivity index (χ1) is 10.1. The van der Waals surface area contributed by atoms with Crippen molar-refractivity contribution in [1.29, 1.82) is 0 Å². The molecule has 1 heterocycles. The predicted molar refractivity (Wildman–Crippen MR) is 87.3 cm³/mol. The van der Waals surface area contributed by atoms with E-state index in [9.17, 15) is 4.79 Å². The van der Waals surface area contributed by atoms with Crippen molar-refractivity contribution in [2.45, 2.75) is 19.3 Å². The van der Waals surface area contributed by atoms with Gasteiger partial charge in [-0.15, -0.1) is 0 Å². The van der Waals surface area contributed by atoms with Gasteiger partial charge in [-0.1, -0.05) is 0 Å². The molecule has 2 rings (SSSR count). The predicted octanol–water partition coefficient (Wildman–Crippen LogP) is 1.62. The van der Waals surface area contributed by atoms with Crippen molar-refractivity contribution in [2.24, 2.45) is 0 Å². The molecule has 0 saturated carbocycles. The number of carbonyl (C=O) groups excluding carboxylic acids is 1. The maximum absolute atomic E-state index is 11.9. The molecule has 0 bridgehead atoms.